The fourth-order valence-corrected chi connectivity index (χ4v) is 3.30. The molecule has 0 aliphatic carbocycles. The van der Waals surface area contributed by atoms with Crippen LogP contribution >= 0.6 is 0 Å². The topological polar surface area (TPSA) is 89.8 Å². The zero-order chi connectivity index (χ0) is 20.4. The van der Waals surface area contributed by atoms with Crippen LogP contribution in [0.3, 0.4) is 0 Å². The van der Waals surface area contributed by atoms with Gasteiger partial charge in [-0.2, -0.15) is 5.10 Å². The van der Waals surface area contributed by atoms with Crippen molar-refractivity contribution in [2.45, 2.75) is 20.4 Å². The largest absolute Gasteiger partial charge is 0.349 e. The standard InChI is InChI=1S/C22H19N5O2/c1-3-27-22(29)21(25-18-13-24-11-15-7-4-5-9-17(15)18)19(14(2)28)20(26-27)16-8-6-10-23-12-16/h4-13,25H,3H2,1-2H3. The lowest BCUT2D eigenvalue weighted by Crippen LogP contribution is -2.28. The molecular formula is C22H19N5O2. The van der Waals surface area contributed by atoms with Gasteiger partial charge >= 0.3 is 0 Å². The van der Waals surface area contributed by atoms with Gasteiger partial charge in [0, 0.05) is 41.5 Å². The average molecular weight is 385 g/mol. The highest BCUT2D eigenvalue weighted by molar-refractivity contribution is 6.06. The molecule has 3 aromatic heterocycles. The van der Waals surface area contributed by atoms with E-state index < -0.39 is 0 Å². The predicted octanol–water partition coefficient (Wildman–Crippen LogP) is 3.82. The van der Waals surface area contributed by atoms with Crippen LogP contribution in [-0.2, 0) is 6.54 Å². The molecule has 1 aromatic carbocycles. The lowest BCUT2D eigenvalue weighted by Gasteiger charge is -2.16. The molecule has 1 N–H and O–H groups in total. The maximum Gasteiger partial charge on any atom is 0.291 e. The first-order chi connectivity index (χ1) is 14.1. The molecule has 0 unspecified atom stereocenters. The van der Waals surface area contributed by atoms with Crippen LogP contribution in [0.5, 0.6) is 0 Å². The highest BCUT2D eigenvalue weighted by Gasteiger charge is 2.22. The lowest BCUT2D eigenvalue weighted by molar-refractivity contribution is 0.101. The summed E-state index contributed by atoms with van der Waals surface area (Å²) >= 11 is 0. The molecule has 0 radical (unpaired) electrons. The number of pyridine rings is 2. The van der Waals surface area contributed by atoms with Gasteiger partial charge in [0.2, 0.25) is 0 Å². The summed E-state index contributed by atoms with van der Waals surface area (Å²) < 4.78 is 1.34. The fourth-order valence-electron chi connectivity index (χ4n) is 3.30. The fraction of sp³-hybridized carbons (Fsp3) is 0.136. The minimum atomic E-state index is -0.363. The molecule has 4 aromatic rings. The lowest BCUT2D eigenvalue weighted by atomic mass is 10.0. The number of ketones is 1. The van der Waals surface area contributed by atoms with E-state index >= 15 is 0 Å². The van der Waals surface area contributed by atoms with Crippen LogP contribution in [0.4, 0.5) is 11.4 Å². The maximum atomic E-state index is 13.1. The van der Waals surface area contributed by atoms with Crippen LogP contribution in [0.1, 0.15) is 24.2 Å². The number of fused-ring (bicyclic) bond motifs is 1. The first-order valence-corrected chi connectivity index (χ1v) is 9.26. The van der Waals surface area contributed by atoms with E-state index in [1.807, 2.05) is 37.3 Å². The average Bonchev–Trinajstić information content (AvgIpc) is 2.75. The highest BCUT2D eigenvalue weighted by atomic mass is 16.1. The number of anilines is 2. The normalized spacial score (nSPS) is 10.8. The Morgan fingerprint density at radius 1 is 1.07 bits per heavy atom. The van der Waals surface area contributed by atoms with E-state index in [9.17, 15) is 9.59 Å². The van der Waals surface area contributed by atoms with Gasteiger partial charge in [0.25, 0.3) is 5.56 Å². The Labute approximate surface area is 167 Å². The number of hydrogen-bond donors (Lipinski definition) is 1. The molecule has 7 heteroatoms. The second-order valence-corrected chi connectivity index (χ2v) is 6.55. The summed E-state index contributed by atoms with van der Waals surface area (Å²) in [6, 6.07) is 11.3. The van der Waals surface area contributed by atoms with E-state index in [1.165, 1.54) is 11.6 Å². The molecule has 29 heavy (non-hydrogen) atoms. The Morgan fingerprint density at radius 2 is 1.90 bits per heavy atom. The van der Waals surface area contributed by atoms with E-state index in [4.69, 9.17) is 0 Å². The number of hydrogen-bond acceptors (Lipinski definition) is 6. The number of carbonyl (C=O) groups excluding carboxylic acids is 1. The monoisotopic (exact) mass is 385 g/mol. The van der Waals surface area contributed by atoms with Gasteiger partial charge in [0.15, 0.2) is 5.78 Å². The molecule has 0 spiro atoms. The van der Waals surface area contributed by atoms with E-state index in [2.05, 4.69) is 20.4 Å². The predicted molar refractivity (Wildman–Crippen MR) is 112 cm³/mol. The minimum Gasteiger partial charge on any atom is -0.349 e. The molecule has 0 saturated heterocycles. The number of rotatable bonds is 5. The summed E-state index contributed by atoms with van der Waals surface area (Å²) in [5, 5.41) is 9.44. The maximum absolute atomic E-state index is 13.1. The van der Waals surface area contributed by atoms with Gasteiger partial charge < -0.3 is 5.32 Å². The molecule has 0 aliphatic rings. The van der Waals surface area contributed by atoms with Gasteiger partial charge in [-0.3, -0.25) is 19.6 Å². The van der Waals surface area contributed by atoms with Crippen LogP contribution in [0.2, 0.25) is 0 Å². The Balaban J connectivity index is 1.99. The molecule has 7 nitrogen and oxygen atoms in total. The smallest absolute Gasteiger partial charge is 0.291 e. The Hall–Kier alpha value is -3.87. The van der Waals surface area contributed by atoms with Crippen LogP contribution in [0.15, 0.2) is 66.0 Å². The molecule has 144 valence electrons. The highest BCUT2D eigenvalue weighted by Crippen LogP contribution is 2.29. The molecule has 0 fully saturated rings. The van der Waals surface area contributed by atoms with Gasteiger partial charge in [-0.1, -0.05) is 24.3 Å². The number of benzene rings is 1. The summed E-state index contributed by atoms with van der Waals surface area (Å²) in [5.74, 6) is -0.257. The van der Waals surface area contributed by atoms with Crippen molar-refractivity contribution < 1.29 is 4.79 Å². The van der Waals surface area contributed by atoms with Crippen molar-refractivity contribution >= 4 is 27.9 Å². The van der Waals surface area contributed by atoms with Crippen molar-refractivity contribution in [2.75, 3.05) is 5.32 Å². The quantitative estimate of drug-likeness (QED) is 0.525. The third-order valence-electron chi connectivity index (χ3n) is 4.67. The van der Waals surface area contributed by atoms with Gasteiger partial charge in [-0.15, -0.1) is 0 Å². The van der Waals surface area contributed by atoms with Crippen molar-refractivity contribution in [1.29, 1.82) is 0 Å². The van der Waals surface area contributed by atoms with Crippen molar-refractivity contribution in [2.24, 2.45) is 0 Å². The first kappa shape index (κ1) is 18.5. The molecule has 3 heterocycles. The summed E-state index contributed by atoms with van der Waals surface area (Å²) in [4.78, 5) is 34.1. The van der Waals surface area contributed by atoms with E-state index in [1.54, 1.807) is 30.9 Å². The number of aryl methyl sites for hydroxylation is 1. The van der Waals surface area contributed by atoms with Crippen molar-refractivity contribution in [3.05, 3.63) is 77.1 Å². The zero-order valence-corrected chi connectivity index (χ0v) is 16.1. The Morgan fingerprint density at radius 3 is 2.62 bits per heavy atom. The van der Waals surface area contributed by atoms with Crippen molar-refractivity contribution in [3.63, 3.8) is 0 Å². The molecule has 0 amide bonds. The molecule has 0 atom stereocenters. The third-order valence-corrected chi connectivity index (χ3v) is 4.67. The van der Waals surface area contributed by atoms with Crippen molar-refractivity contribution in [1.82, 2.24) is 19.7 Å². The van der Waals surface area contributed by atoms with Gasteiger partial charge in [-0.05, 0) is 26.0 Å². The number of nitrogens with one attached hydrogen (secondary N) is 1. The van der Waals surface area contributed by atoms with Gasteiger partial charge in [-0.25, -0.2) is 4.68 Å². The summed E-state index contributed by atoms with van der Waals surface area (Å²) in [6.07, 6.45) is 6.67. The Kier molecular flexibility index (Phi) is 4.87. The second-order valence-electron chi connectivity index (χ2n) is 6.55. The van der Waals surface area contributed by atoms with Crippen molar-refractivity contribution in [3.8, 4) is 11.3 Å². The Bertz CT molecular complexity index is 1260. The summed E-state index contributed by atoms with van der Waals surface area (Å²) in [7, 11) is 0. The number of nitrogens with zero attached hydrogens (tertiary/aromatic N) is 4. The third kappa shape index (κ3) is 3.38. The van der Waals surface area contributed by atoms with Crippen LogP contribution in [0, 0.1) is 0 Å². The van der Waals surface area contributed by atoms with E-state index in [-0.39, 0.29) is 22.6 Å². The molecule has 0 saturated carbocycles. The molecule has 4 rings (SSSR count). The van der Waals surface area contributed by atoms with Crippen LogP contribution < -0.4 is 10.9 Å². The molecular weight excluding hydrogens is 366 g/mol. The number of carbonyl (C=O) groups is 1. The van der Waals surface area contributed by atoms with E-state index in [0.717, 1.165) is 10.8 Å². The number of aromatic nitrogens is 4. The van der Waals surface area contributed by atoms with Gasteiger partial charge in [0.1, 0.15) is 11.4 Å². The molecule has 0 aliphatic heterocycles. The second kappa shape index (κ2) is 7.63. The number of Topliss-reactive ketones (excluding diaryl/α,β-unsaturated/α-hetero) is 1. The summed E-state index contributed by atoms with van der Waals surface area (Å²) in [5.41, 5.74) is 1.79. The SMILES string of the molecule is CCn1nc(-c2cccnc2)c(C(C)=O)c(Nc2cncc3ccccc23)c1=O. The van der Waals surface area contributed by atoms with Crippen LogP contribution in [0.25, 0.3) is 22.0 Å². The van der Waals surface area contributed by atoms with Gasteiger partial charge in [0.05, 0.1) is 17.4 Å². The first-order valence-electron chi connectivity index (χ1n) is 9.26. The molecule has 0 bridgehead atoms. The van der Waals surface area contributed by atoms with E-state index in [0.29, 0.717) is 23.5 Å². The zero-order valence-electron chi connectivity index (χ0n) is 16.1. The summed E-state index contributed by atoms with van der Waals surface area (Å²) in [6.45, 7) is 3.63. The van der Waals surface area contributed by atoms with Crippen LogP contribution in [-0.4, -0.2) is 25.5 Å². The minimum absolute atomic E-state index is 0.186.